The number of anilines is 1. The predicted molar refractivity (Wildman–Crippen MR) is 67.1 cm³/mol. The minimum Gasteiger partial charge on any atom is -0.394 e. The molecule has 1 heterocycles. The summed E-state index contributed by atoms with van der Waals surface area (Å²) in [6.07, 6.45) is 0. The summed E-state index contributed by atoms with van der Waals surface area (Å²) in [5, 5.41) is 12.4. The van der Waals surface area contributed by atoms with Gasteiger partial charge >= 0.3 is 0 Å². The molecule has 1 aromatic carbocycles. The van der Waals surface area contributed by atoms with Crippen molar-refractivity contribution in [1.82, 2.24) is 9.55 Å². The first-order valence-corrected chi connectivity index (χ1v) is 5.54. The molecular weight excluding hydrogens is 218 g/mol. The molecule has 1 aromatic heterocycles. The van der Waals surface area contributed by atoms with Crippen LogP contribution in [0.4, 0.5) is 5.95 Å². The SMILES string of the molecule is COCC(CO)Nc1nc2ccccc2n1C. The van der Waals surface area contributed by atoms with E-state index < -0.39 is 0 Å². The number of aliphatic hydroxyl groups excluding tert-OH is 1. The molecule has 2 aromatic rings. The van der Waals surface area contributed by atoms with Crippen molar-refractivity contribution in [3.63, 3.8) is 0 Å². The van der Waals surface area contributed by atoms with Gasteiger partial charge in [0.15, 0.2) is 0 Å². The minimum atomic E-state index is -0.143. The van der Waals surface area contributed by atoms with Crippen molar-refractivity contribution in [1.29, 1.82) is 0 Å². The number of aliphatic hydroxyl groups is 1. The number of nitrogens with one attached hydrogen (secondary N) is 1. The van der Waals surface area contributed by atoms with Crippen LogP contribution in [-0.2, 0) is 11.8 Å². The minimum absolute atomic E-state index is 0.0110. The van der Waals surface area contributed by atoms with Gasteiger partial charge in [0.1, 0.15) is 0 Å². The normalized spacial score (nSPS) is 12.9. The van der Waals surface area contributed by atoms with Gasteiger partial charge in [-0.25, -0.2) is 4.98 Å². The van der Waals surface area contributed by atoms with E-state index in [2.05, 4.69) is 10.3 Å². The third kappa shape index (κ3) is 2.40. The molecule has 2 rings (SSSR count). The van der Waals surface area contributed by atoms with Gasteiger partial charge < -0.3 is 19.7 Å². The van der Waals surface area contributed by atoms with E-state index in [1.54, 1.807) is 7.11 Å². The summed E-state index contributed by atoms with van der Waals surface area (Å²) in [6.45, 7) is 0.455. The van der Waals surface area contributed by atoms with Crippen LogP contribution in [0.1, 0.15) is 0 Å². The van der Waals surface area contributed by atoms with Crippen molar-refractivity contribution >= 4 is 17.0 Å². The molecule has 5 heteroatoms. The largest absolute Gasteiger partial charge is 0.394 e. The molecule has 92 valence electrons. The highest BCUT2D eigenvalue weighted by Crippen LogP contribution is 2.17. The van der Waals surface area contributed by atoms with Crippen molar-refractivity contribution in [3.8, 4) is 0 Å². The summed E-state index contributed by atoms with van der Waals surface area (Å²) in [4.78, 5) is 4.47. The van der Waals surface area contributed by atoms with E-state index in [1.165, 1.54) is 0 Å². The van der Waals surface area contributed by atoms with Gasteiger partial charge in [0.25, 0.3) is 0 Å². The molecule has 1 atom stereocenters. The van der Waals surface area contributed by atoms with E-state index in [0.717, 1.165) is 17.0 Å². The second kappa shape index (κ2) is 5.16. The van der Waals surface area contributed by atoms with Crippen molar-refractivity contribution in [2.24, 2.45) is 7.05 Å². The lowest BCUT2D eigenvalue weighted by Crippen LogP contribution is -2.30. The molecule has 17 heavy (non-hydrogen) atoms. The smallest absolute Gasteiger partial charge is 0.203 e. The number of aryl methyl sites for hydroxylation is 1. The van der Waals surface area contributed by atoms with Crippen LogP contribution in [0.15, 0.2) is 24.3 Å². The number of rotatable bonds is 5. The first kappa shape index (κ1) is 11.9. The third-order valence-corrected chi connectivity index (χ3v) is 2.71. The fraction of sp³-hybridized carbons (Fsp3) is 0.417. The van der Waals surface area contributed by atoms with Crippen molar-refractivity contribution < 1.29 is 9.84 Å². The Labute approximate surface area is 100 Å². The van der Waals surface area contributed by atoms with E-state index in [0.29, 0.717) is 6.61 Å². The number of aromatic nitrogens is 2. The highest BCUT2D eigenvalue weighted by Gasteiger charge is 2.12. The zero-order chi connectivity index (χ0) is 12.3. The number of hydrogen-bond acceptors (Lipinski definition) is 4. The van der Waals surface area contributed by atoms with Crippen LogP contribution in [-0.4, -0.2) is 41.0 Å². The van der Waals surface area contributed by atoms with E-state index >= 15 is 0 Å². The van der Waals surface area contributed by atoms with Gasteiger partial charge in [0, 0.05) is 14.2 Å². The van der Waals surface area contributed by atoms with Gasteiger partial charge in [-0.15, -0.1) is 0 Å². The number of hydrogen-bond donors (Lipinski definition) is 2. The number of nitrogens with zero attached hydrogens (tertiary/aromatic N) is 2. The van der Waals surface area contributed by atoms with Crippen LogP contribution < -0.4 is 5.32 Å². The van der Waals surface area contributed by atoms with Crippen molar-refractivity contribution in [3.05, 3.63) is 24.3 Å². The predicted octanol–water partition coefficient (Wildman–Crippen LogP) is 0.992. The summed E-state index contributed by atoms with van der Waals surface area (Å²) < 4.78 is 6.99. The van der Waals surface area contributed by atoms with Crippen LogP contribution in [0.2, 0.25) is 0 Å². The Bertz CT molecular complexity index is 495. The summed E-state index contributed by atoms with van der Waals surface area (Å²) in [7, 11) is 3.55. The van der Waals surface area contributed by atoms with Gasteiger partial charge in [-0.1, -0.05) is 12.1 Å². The summed E-state index contributed by atoms with van der Waals surface area (Å²) >= 11 is 0. The van der Waals surface area contributed by atoms with Crippen molar-refractivity contribution in [2.45, 2.75) is 6.04 Å². The molecule has 0 saturated heterocycles. The Kier molecular flexibility index (Phi) is 3.61. The molecule has 0 spiro atoms. The Morgan fingerprint density at radius 2 is 2.24 bits per heavy atom. The Morgan fingerprint density at radius 1 is 1.47 bits per heavy atom. The number of ether oxygens (including phenoxy) is 1. The first-order valence-electron chi connectivity index (χ1n) is 5.54. The summed E-state index contributed by atoms with van der Waals surface area (Å²) in [5.74, 6) is 0.738. The third-order valence-electron chi connectivity index (χ3n) is 2.71. The lowest BCUT2D eigenvalue weighted by atomic mass is 10.3. The molecule has 0 aliphatic rings. The second-order valence-electron chi connectivity index (χ2n) is 3.96. The molecule has 0 amide bonds. The topological polar surface area (TPSA) is 59.3 Å². The molecule has 0 radical (unpaired) electrons. The zero-order valence-corrected chi connectivity index (χ0v) is 10.1. The Morgan fingerprint density at radius 3 is 2.88 bits per heavy atom. The highest BCUT2D eigenvalue weighted by atomic mass is 16.5. The molecule has 2 N–H and O–H groups in total. The molecule has 1 unspecified atom stereocenters. The van der Waals surface area contributed by atoms with E-state index in [4.69, 9.17) is 4.74 Å². The van der Waals surface area contributed by atoms with E-state index in [9.17, 15) is 5.11 Å². The molecular formula is C12H17N3O2. The van der Waals surface area contributed by atoms with Crippen molar-refractivity contribution in [2.75, 3.05) is 25.6 Å². The monoisotopic (exact) mass is 235 g/mol. The lowest BCUT2D eigenvalue weighted by molar-refractivity contribution is 0.153. The average molecular weight is 235 g/mol. The summed E-state index contributed by atoms with van der Waals surface area (Å²) in [6, 6.07) is 7.77. The highest BCUT2D eigenvalue weighted by molar-refractivity contribution is 5.78. The van der Waals surface area contributed by atoms with Crippen LogP contribution in [0.5, 0.6) is 0 Å². The molecule has 0 bridgehead atoms. The molecule has 0 fully saturated rings. The molecule has 0 aliphatic carbocycles. The van der Waals surface area contributed by atoms with Gasteiger partial charge in [-0.2, -0.15) is 0 Å². The number of methoxy groups -OCH3 is 1. The number of imidazole rings is 1. The fourth-order valence-electron chi connectivity index (χ4n) is 1.80. The second-order valence-corrected chi connectivity index (χ2v) is 3.96. The Balaban J connectivity index is 2.26. The van der Waals surface area contributed by atoms with Gasteiger partial charge in [-0.05, 0) is 12.1 Å². The molecule has 0 saturated carbocycles. The first-order chi connectivity index (χ1) is 8.26. The summed E-state index contributed by atoms with van der Waals surface area (Å²) in [5.41, 5.74) is 2.00. The lowest BCUT2D eigenvalue weighted by Gasteiger charge is -2.15. The average Bonchev–Trinajstić information content (AvgIpc) is 2.66. The van der Waals surface area contributed by atoms with E-state index in [1.807, 2.05) is 35.9 Å². The van der Waals surface area contributed by atoms with Crippen LogP contribution in [0, 0.1) is 0 Å². The Hall–Kier alpha value is -1.59. The number of para-hydroxylation sites is 2. The maximum atomic E-state index is 9.20. The van der Waals surface area contributed by atoms with Gasteiger partial charge in [-0.3, -0.25) is 0 Å². The maximum Gasteiger partial charge on any atom is 0.203 e. The maximum absolute atomic E-state index is 9.20. The van der Waals surface area contributed by atoms with Gasteiger partial charge in [0.2, 0.25) is 5.95 Å². The number of fused-ring (bicyclic) bond motifs is 1. The molecule has 0 aliphatic heterocycles. The van der Waals surface area contributed by atoms with Crippen LogP contribution in [0.25, 0.3) is 11.0 Å². The number of benzene rings is 1. The standard InChI is InChI=1S/C12H17N3O2/c1-15-11-6-4-3-5-10(11)14-12(15)13-9(7-16)8-17-2/h3-6,9,16H,7-8H2,1-2H3,(H,13,14). The van der Waals surface area contributed by atoms with Gasteiger partial charge in [0.05, 0.1) is 30.3 Å². The van der Waals surface area contributed by atoms with Crippen LogP contribution >= 0.6 is 0 Å². The molecule has 5 nitrogen and oxygen atoms in total. The quantitative estimate of drug-likeness (QED) is 0.811. The zero-order valence-electron chi connectivity index (χ0n) is 10.1. The van der Waals surface area contributed by atoms with E-state index in [-0.39, 0.29) is 12.6 Å². The fourth-order valence-corrected chi connectivity index (χ4v) is 1.80. The van der Waals surface area contributed by atoms with Crippen LogP contribution in [0.3, 0.4) is 0 Å².